The highest BCUT2D eigenvalue weighted by Crippen LogP contribution is 2.55. The number of carbonyl (C=O) groups is 2. The second-order valence-corrected chi connectivity index (χ2v) is 8.31. The second kappa shape index (κ2) is 6.75. The zero-order valence-corrected chi connectivity index (χ0v) is 16.8. The molecule has 0 aromatic heterocycles. The highest BCUT2D eigenvalue weighted by molar-refractivity contribution is 6.31. The van der Waals surface area contributed by atoms with Crippen molar-refractivity contribution in [3.63, 3.8) is 0 Å². The number of hydrogen-bond donors (Lipinski definition) is 2. The minimum Gasteiger partial charge on any atom is -0.495 e. The lowest BCUT2D eigenvalue weighted by atomic mass is 9.78. The minimum atomic E-state index is -0.965. The molecule has 0 bridgehead atoms. The first-order valence-corrected chi connectivity index (χ1v) is 10.3. The van der Waals surface area contributed by atoms with Crippen LogP contribution in [-0.2, 0) is 15.1 Å². The molecule has 3 heterocycles. The molecular formula is C22H22ClN3O3. The van der Waals surface area contributed by atoms with Crippen LogP contribution in [0.2, 0.25) is 5.02 Å². The first-order chi connectivity index (χ1) is 14.1. The summed E-state index contributed by atoms with van der Waals surface area (Å²) < 4.78 is 5.37. The average Bonchev–Trinajstić information content (AvgIpc) is 3.36. The Balaban J connectivity index is 1.57. The lowest BCUT2D eigenvalue weighted by molar-refractivity contribution is -0.135. The van der Waals surface area contributed by atoms with E-state index in [0.717, 1.165) is 30.6 Å². The largest absolute Gasteiger partial charge is 0.495 e. The summed E-state index contributed by atoms with van der Waals surface area (Å²) in [5.74, 6) is -0.264. The highest BCUT2D eigenvalue weighted by atomic mass is 35.5. The molecule has 2 fully saturated rings. The van der Waals surface area contributed by atoms with Crippen LogP contribution >= 0.6 is 11.6 Å². The van der Waals surface area contributed by atoms with Crippen molar-refractivity contribution in [1.82, 2.24) is 4.90 Å². The molecule has 3 aliphatic rings. The molecule has 2 N–H and O–H groups in total. The standard InChI is InChI=1S/C22H22ClN3O3/c1-29-19-9-8-13(23)11-18(19)24-20(27)16-12-14-5-4-10-26(14)22(16)15-6-2-3-7-17(15)25-21(22)28/h2-3,6-9,11,14,16H,4-5,10,12H2,1H3,(H,24,27)(H,25,28)/t14-,16-,22-/m0/s1. The molecule has 3 aliphatic heterocycles. The SMILES string of the molecule is COc1ccc(Cl)cc1NC(=O)[C@@H]1C[C@@H]2CCCN2[C@]12C(=O)Nc1ccccc12. The van der Waals surface area contributed by atoms with Crippen LogP contribution in [0, 0.1) is 5.92 Å². The Labute approximate surface area is 174 Å². The van der Waals surface area contributed by atoms with E-state index in [1.54, 1.807) is 25.3 Å². The van der Waals surface area contributed by atoms with Crippen LogP contribution < -0.4 is 15.4 Å². The van der Waals surface area contributed by atoms with Crippen molar-refractivity contribution in [2.24, 2.45) is 5.92 Å². The van der Waals surface area contributed by atoms with Gasteiger partial charge in [-0.2, -0.15) is 0 Å². The van der Waals surface area contributed by atoms with Crippen LogP contribution in [0.25, 0.3) is 0 Å². The normalized spacial score (nSPS) is 27.6. The summed E-state index contributed by atoms with van der Waals surface area (Å²) in [6, 6.07) is 13.0. The Hall–Kier alpha value is -2.57. The smallest absolute Gasteiger partial charge is 0.250 e. The van der Waals surface area contributed by atoms with Gasteiger partial charge in [-0.3, -0.25) is 14.5 Å². The van der Waals surface area contributed by atoms with Gasteiger partial charge >= 0.3 is 0 Å². The molecule has 2 aromatic carbocycles. The Kier molecular flexibility index (Phi) is 4.29. The number of rotatable bonds is 3. The van der Waals surface area contributed by atoms with Crippen LogP contribution in [-0.4, -0.2) is 36.4 Å². The number of fused-ring (bicyclic) bond motifs is 4. The first kappa shape index (κ1) is 18.5. The molecule has 3 atom stereocenters. The molecule has 2 amide bonds. The maximum absolute atomic E-state index is 13.5. The van der Waals surface area contributed by atoms with Crippen molar-refractivity contribution in [1.29, 1.82) is 0 Å². The summed E-state index contributed by atoms with van der Waals surface area (Å²) in [4.78, 5) is 29.1. The van der Waals surface area contributed by atoms with Crippen molar-refractivity contribution >= 4 is 34.8 Å². The van der Waals surface area contributed by atoms with E-state index in [0.29, 0.717) is 22.9 Å². The van der Waals surface area contributed by atoms with Crippen molar-refractivity contribution in [2.45, 2.75) is 30.8 Å². The van der Waals surface area contributed by atoms with Crippen molar-refractivity contribution in [3.05, 3.63) is 53.1 Å². The van der Waals surface area contributed by atoms with E-state index in [9.17, 15) is 9.59 Å². The molecule has 150 valence electrons. The average molecular weight is 412 g/mol. The Morgan fingerprint density at radius 3 is 2.97 bits per heavy atom. The first-order valence-electron chi connectivity index (χ1n) is 9.88. The maximum atomic E-state index is 13.5. The van der Waals surface area contributed by atoms with Crippen molar-refractivity contribution in [3.8, 4) is 5.75 Å². The summed E-state index contributed by atoms with van der Waals surface area (Å²) in [5.41, 5.74) is 1.24. The number of halogens is 1. The number of benzene rings is 2. The van der Waals surface area contributed by atoms with Gasteiger partial charge in [0.05, 0.1) is 18.7 Å². The van der Waals surface area contributed by atoms with E-state index in [-0.39, 0.29) is 17.9 Å². The fourth-order valence-electron chi connectivity index (χ4n) is 5.38. The lowest BCUT2D eigenvalue weighted by Crippen LogP contribution is -2.53. The van der Waals surface area contributed by atoms with Gasteiger partial charge in [0.15, 0.2) is 0 Å². The quantitative estimate of drug-likeness (QED) is 0.809. The number of carbonyl (C=O) groups excluding carboxylic acids is 2. The molecule has 29 heavy (non-hydrogen) atoms. The molecule has 0 aliphatic carbocycles. The number of methoxy groups -OCH3 is 1. The van der Waals surface area contributed by atoms with Crippen LogP contribution in [0.15, 0.2) is 42.5 Å². The molecule has 0 radical (unpaired) electrons. The number of ether oxygens (including phenoxy) is 1. The number of hydrogen-bond acceptors (Lipinski definition) is 4. The summed E-state index contributed by atoms with van der Waals surface area (Å²) >= 11 is 6.13. The fourth-order valence-corrected chi connectivity index (χ4v) is 5.55. The third-order valence-corrected chi connectivity index (χ3v) is 6.75. The molecule has 7 heteroatoms. The Morgan fingerprint density at radius 1 is 1.31 bits per heavy atom. The lowest BCUT2D eigenvalue weighted by Gasteiger charge is -2.36. The van der Waals surface area contributed by atoms with Gasteiger partial charge in [0.2, 0.25) is 11.8 Å². The molecule has 2 saturated heterocycles. The van der Waals surface area contributed by atoms with E-state index < -0.39 is 11.5 Å². The fraction of sp³-hybridized carbons (Fsp3) is 0.364. The van der Waals surface area contributed by atoms with Crippen LogP contribution in [0.3, 0.4) is 0 Å². The van der Waals surface area contributed by atoms with Gasteiger partial charge in [-0.1, -0.05) is 29.8 Å². The third kappa shape index (κ3) is 2.59. The molecule has 0 unspecified atom stereocenters. The predicted molar refractivity (Wildman–Crippen MR) is 111 cm³/mol. The number of anilines is 2. The van der Waals surface area contributed by atoms with Crippen LogP contribution in [0.1, 0.15) is 24.8 Å². The second-order valence-electron chi connectivity index (χ2n) is 7.88. The van der Waals surface area contributed by atoms with Crippen LogP contribution in [0.4, 0.5) is 11.4 Å². The maximum Gasteiger partial charge on any atom is 0.250 e. The Bertz CT molecular complexity index is 1010. The minimum absolute atomic E-state index is 0.110. The predicted octanol–water partition coefficient (Wildman–Crippen LogP) is 3.62. The monoisotopic (exact) mass is 411 g/mol. The molecule has 1 spiro atoms. The van der Waals surface area contributed by atoms with E-state index in [2.05, 4.69) is 15.5 Å². The summed E-state index contributed by atoms with van der Waals surface area (Å²) in [6.07, 6.45) is 2.69. The number of para-hydroxylation sites is 1. The van der Waals surface area contributed by atoms with E-state index in [1.807, 2.05) is 24.3 Å². The Morgan fingerprint density at radius 2 is 2.14 bits per heavy atom. The number of nitrogens with zero attached hydrogens (tertiary/aromatic N) is 1. The molecule has 2 aromatic rings. The van der Waals surface area contributed by atoms with E-state index in [4.69, 9.17) is 16.3 Å². The van der Waals surface area contributed by atoms with Gasteiger partial charge in [-0.05, 0) is 50.1 Å². The molecule has 0 saturated carbocycles. The van der Waals surface area contributed by atoms with Gasteiger partial charge in [-0.15, -0.1) is 0 Å². The van der Waals surface area contributed by atoms with E-state index in [1.165, 1.54) is 0 Å². The number of nitrogens with one attached hydrogen (secondary N) is 2. The third-order valence-electron chi connectivity index (χ3n) is 6.51. The molecular weight excluding hydrogens is 390 g/mol. The summed E-state index contributed by atoms with van der Waals surface area (Å²) in [6.45, 7) is 0.816. The zero-order valence-electron chi connectivity index (χ0n) is 16.1. The van der Waals surface area contributed by atoms with Gasteiger partial charge in [0.25, 0.3) is 0 Å². The van der Waals surface area contributed by atoms with Crippen molar-refractivity contribution in [2.75, 3.05) is 24.3 Å². The van der Waals surface area contributed by atoms with Crippen molar-refractivity contribution < 1.29 is 14.3 Å². The van der Waals surface area contributed by atoms with Gasteiger partial charge in [0, 0.05) is 22.3 Å². The summed E-state index contributed by atoms with van der Waals surface area (Å²) in [5, 5.41) is 6.50. The molecule has 6 nitrogen and oxygen atoms in total. The van der Waals surface area contributed by atoms with Gasteiger partial charge < -0.3 is 15.4 Å². The van der Waals surface area contributed by atoms with Gasteiger partial charge in [0.1, 0.15) is 11.3 Å². The summed E-state index contributed by atoms with van der Waals surface area (Å²) in [7, 11) is 1.55. The molecule has 5 rings (SSSR count). The highest BCUT2D eigenvalue weighted by Gasteiger charge is 2.65. The number of amides is 2. The van der Waals surface area contributed by atoms with Gasteiger partial charge in [-0.25, -0.2) is 0 Å². The zero-order chi connectivity index (χ0) is 20.2. The topological polar surface area (TPSA) is 70.7 Å². The van der Waals surface area contributed by atoms with Crippen LogP contribution in [0.5, 0.6) is 5.75 Å². The van der Waals surface area contributed by atoms with E-state index >= 15 is 0 Å².